The molecule has 4 nitrogen and oxygen atoms in total. The van der Waals surface area contributed by atoms with Crippen LogP contribution in [0, 0.1) is 6.92 Å². The van der Waals surface area contributed by atoms with Gasteiger partial charge in [0.15, 0.2) is 0 Å². The Balaban J connectivity index is 1.72. The van der Waals surface area contributed by atoms with E-state index in [1.165, 1.54) is 0 Å². The second kappa shape index (κ2) is 8.05. The summed E-state index contributed by atoms with van der Waals surface area (Å²) in [4.78, 5) is 20.5. The van der Waals surface area contributed by atoms with Gasteiger partial charge in [0.25, 0.3) is 5.91 Å². The number of amides is 1. The monoisotopic (exact) mass is 427 g/mol. The molecule has 1 N–H and O–H groups in total. The van der Waals surface area contributed by atoms with E-state index in [-0.39, 0.29) is 11.9 Å². The van der Waals surface area contributed by atoms with Gasteiger partial charge in [0.1, 0.15) is 5.70 Å². The number of benzene rings is 3. The predicted octanol–water partition coefficient (Wildman–Crippen LogP) is 5.08. The number of aliphatic imine (C=N–C) groups is 1. The molecule has 1 amide bonds. The summed E-state index contributed by atoms with van der Waals surface area (Å²) in [5, 5.41) is 4.03. The Hall–Kier alpha value is -3.37. The van der Waals surface area contributed by atoms with Crippen LogP contribution in [0.4, 0.5) is 5.69 Å². The van der Waals surface area contributed by atoms with Crippen molar-refractivity contribution in [1.82, 2.24) is 5.32 Å². The number of nitrogens with zero attached hydrogens (tertiary/aromatic N) is 2. The Labute approximate surface area is 186 Å². The van der Waals surface area contributed by atoms with Crippen molar-refractivity contribution in [2.75, 3.05) is 18.0 Å². The summed E-state index contributed by atoms with van der Waals surface area (Å²) in [5.41, 5.74) is 6.42. The van der Waals surface area contributed by atoms with Gasteiger partial charge in [0.2, 0.25) is 0 Å². The molecule has 5 rings (SSSR count). The van der Waals surface area contributed by atoms with E-state index >= 15 is 0 Å². The van der Waals surface area contributed by atoms with Gasteiger partial charge in [0, 0.05) is 28.4 Å². The molecule has 0 aromatic heterocycles. The van der Waals surface area contributed by atoms with Gasteiger partial charge in [-0.3, -0.25) is 14.7 Å². The Morgan fingerprint density at radius 2 is 1.68 bits per heavy atom. The second-order valence-corrected chi connectivity index (χ2v) is 8.21. The SMILES string of the molecule is Cc1ccc(N2C(=O)C3=C(C(c4ccccc4)=NCCN3)C2c2ccc(Cl)cc2)cc1. The van der Waals surface area contributed by atoms with Crippen molar-refractivity contribution in [3.63, 3.8) is 0 Å². The fourth-order valence-electron chi connectivity index (χ4n) is 4.25. The smallest absolute Gasteiger partial charge is 0.275 e. The van der Waals surface area contributed by atoms with E-state index < -0.39 is 0 Å². The fraction of sp³-hybridized carbons (Fsp3) is 0.154. The molecule has 31 heavy (non-hydrogen) atoms. The Morgan fingerprint density at radius 3 is 2.39 bits per heavy atom. The number of halogens is 1. The maximum absolute atomic E-state index is 13.7. The van der Waals surface area contributed by atoms with Crippen LogP contribution in [0.25, 0.3) is 0 Å². The van der Waals surface area contributed by atoms with Crippen molar-refractivity contribution in [1.29, 1.82) is 0 Å². The van der Waals surface area contributed by atoms with E-state index in [4.69, 9.17) is 16.6 Å². The maximum Gasteiger partial charge on any atom is 0.275 e. The van der Waals surface area contributed by atoms with Crippen LogP contribution < -0.4 is 10.2 Å². The molecule has 2 aliphatic heterocycles. The number of hydrogen-bond donors (Lipinski definition) is 1. The molecule has 1 unspecified atom stereocenters. The van der Waals surface area contributed by atoms with Crippen molar-refractivity contribution in [3.8, 4) is 0 Å². The van der Waals surface area contributed by atoms with Gasteiger partial charge in [-0.1, -0.05) is 71.8 Å². The van der Waals surface area contributed by atoms with Gasteiger partial charge < -0.3 is 5.32 Å². The lowest BCUT2D eigenvalue weighted by atomic mass is 9.91. The summed E-state index contributed by atoms with van der Waals surface area (Å²) in [6, 6.07) is 25.6. The minimum absolute atomic E-state index is 0.0377. The zero-order valence-corrected chi connectivity index (χ0v) is 17.9. The van der Waals surface area contributed by atoms with Gasteiger partial charge in [0.05, 0.1) is 18.3 Å². The van der Waals surface area contributed by atoms with Gasteiger partial charge in [-0.05, 0) is 36.8 Å². The third-order valence-electron chi connectivity index (χ3n) is 5.72. The quantitative estimate of drug-likeness (QED) is 0.633. The molecule has 0 fully saturated rings. The summed E-state index contributed by atoms with van der Waals surface area (Å²) < 4.78 is 0. The minimum Gasteiger partial charge on any atom is -0.378 e. The number of carbonyl (C=O) groups excluding carboxylic acids is 1. The molecule has 0 saturated heterocycles. The normalized spacial score (nSPS) is 18.4. The lowest BCUT2D eigenvalue weighted by Gasteiger charge is -2.28. The average molecular weight is 428 g/mol. The first-order chi connectivity index (χ1) is 15.1. The van der Waals surface area contributed by atoms with Gasteiger partial charge in [-0.15, -0.1) is 0 Å². The fourth-order valence-corrected chi connectivity index (χ4v) is 4.37. The third-order valence-corrected chi connectivity index (χ3v) is 5.97. The van der Waals surface area contributed by atoms with E-state index in [9.17, 15) is 4.79 Å². The molecule has 0 bridgehead atoms. The molecule has 0 saturated carbocycles. The van der Waals surface area contributed by atoms with Crippen molar-refractivity contribution < 1.29 is 4.79 Å². The lowest BCUT2D eigenvalue weighted by molar-refractivity contribution is -0.115. The van der Waals surface area contributed by atoms with E-state index in [1.54, 1.807) is 0 Å². The molecule has 0 radical (unpaired) electrons. The van der Waals surface area contributed by atoms with Crippen LogP contribution in [0.5, 0.6) is 0 Å². The topological polar surface area (TPSA) is 44.7 Å². The van der Waals surface area contributed by atoms with Gasteiger partial charge >= 0.3 is 0 Å². The molecule has 3 aromatic rings. The van der Waals surface area contributed by atoms with E-state index in [0.717, 1.165) is 33.7 Å². The number of aryl methyl sites for hydroxylation is 1. The average Bonchev–Trinajstić information content (AvgIpc) is 2.94. The van der Waals surface area contributed by atoms with E-state index in [0.29, 0.717) is 23.8 Å². The van der Waals surface area contributed by atoms with Crippen LogP contribution in [0.1, 0.15) is 22.7 Å². The standard InChI is InChI=1S/C26H22ClN3O/c1-17-7-13-21(14-8-17)30-25(19-9-11-20(27)12-10-19)22-23(18-5-3-2-4-6-18)28-15-16-29-24(22)26(30)31/h2-14,25,29H,15-16H2,1H3. The van der Waals surface area contributed by atoms with Crippen LogP contribution in [0.3, 0.4) is 0 Å². The number of nitrogens with one attached hydrogen (secondary N) is 1. The summed E-state index contributed by atoms with van der Waals surface area (Å²) >= 11 is 6.18. The zero-order chi connectivity index (χ0) is 21.4. The Kier molecular flexibility index (Phi) is 5.08. The van der Waals surface area contributed by atoms with Crippen LogP contribution in [0.15, 0.2) is 95.1 Å². The Bertz CT molecular complexity index is 1180. The molecule has 0 spiro atoms. The molecular formula is C26H22ClN3O. The van der Waals surface area contributed by atoms with Crippen LogP contribution in [0.2, 0.25) is 5.02 Å². The summed E-state index contributed by atoms with van der Waals surface area (Å²) in [5.74, 6) is -0.0377. The molecule has 2 heterocycles. The highest BCUT2D eigenvalue weighted by Crippen LogP contribution is 2.42. The Morgan fingerprint density at radius 1 is 0.968 bits per heavy atom. The number of anilines is 1. The molecule has 3 aromatic carbocycles. The van der Waals surface area contributed by atoms with Crippen molar-refractivity contribution >= 4 is 28.9 Å². The summed E-state index contributed by atoms with van der Waals surface area (Å²) in [6.07, 6.45) is 0. The van der Waals surface area contributed by atoms with Crippen molar-refractivity contribution in [3.05, 3.63) is 112 Å². The first-order valence-corrected chi connectivity index (χ1v) is 10.8. The molecule has 5 heteroatoms. The first-order valence-electron chi connectivity index (χ1n) is 10.4. The van der Waals surface area contributed by atoms with Crippen molar-refractivity contribution in [2.24, 2.45) is 4.99 Å². The first kappa shape index (κ1) is 19.6. The number of carbonyl (C=O) groups is 1. The van der Waals surface area contributed by atoms with E-state index in [2.05, 4.69) is 5.32 Å². The zero-order valence-electron chi connectivity index (χ0n) is 17.2. The predicted molar refractivity (Wildman–Crippen MR) is 126 cm³/mol. The highest BCUT2D eigenvalue weighted by atomic mass is 35.5. The van der Waals surface area contributed by atoms with Gasteiger partial charge in [-0.25, -0.2) is 0 Å². The largest absolute Gasteiger partial charge is 0.378 e. The van der Waals surface area contributed by atoms with Crippen LogP contribution >= 0.6 is 11.6 Å². The maximum atomic E-state index is 13.7. The van der Waals surface area contributed by atoms with Crippen LogP contribution in [-0.2, 0) is 4.79 Å². The molecule has 154 valence electrons. The summed E-state index contributed by atoms with van der Waals surface area (Å²) in [7, 11) is 0. The van der Waals surface area contributed by atoms with E-state index in [1.807, 2.05) is 90.7 Å². The number of hydrogen-bond acceptors (Lipinski definition) is 3. The lowest BCUT2D eigenvalue weighted by Crippen LogP contribution is -2.33. The molecular weight excluding hydrogens is 406 g/mol. The second-order valence-electron chi connectivity index (χ2n) is 7.78. The van der Waals surface area contributed by atoms with Crippen LogP contribution in [-0.4, -0.2) is 24.7 Å². The minimum atomic E-state index is -0.299. The third kappa shape index (κ3) is 3.53. The van der Waals surface area contributed by atoms with Crippen molar-refractivity contribution in [2.45, 2.75) is 13.0 Å². The molecule has 2 aliphatic rings. The molecule has 1 atom stereocenters. The summed E-state index contributed by atoms with van der Waals surface area (Å²) in [6.45, 7) is 3.28. The number of rotatable bonds is 3. The van der Waals surface area contributed by atoms with Gasteiger partial charge in [-0.2, -0.15) is 0 Å². The highest BCUT2D eigenvalue weighted by Gasteiger charge is 2.43. The highest BCUT2D eigenvalue weighted by molar-refractivity contribution is 6.30. The molecule has 0 aliphatic carbocycles.